The molecule has 0 amide bonds. The van der Waals surface area contributed by atoms with Crippen LogP contribution in [0.4, 0.5) is 24.8 Å². The lowest BCUT2D eigenvalue weighted by atomic mass is 10.1. The van der Waals surface area contributed by atoms with Crippen LogP contribution in [0.3, 0.4) is 0 Å². The zero-order chi connectivity index (χ0) is 23.0. The normalized spacial score (nSPS) is 17.2. The summed E-state index contributed by atoms with van der Waals surface area (Å²) in [6.45, 7) is 6.96. The molecule has 1 saturated heterocycles. The molecule has 32 heavy (non-hydrogen) atoms. The van der Waals surface area contributed by atoms with Gasteiger partial charge in [0, 0.05) is 37.4 Å². The van der Waals surface area contributed by atoms with Crippen LogP contribution in [0.5, 0.6) is 0 Å². The molecule has 170 valence electrons. The number of hydrogen-bond acceptors (Lipinski definition) is 5. The molecule has 4 rings (SSSR count). The van der Waals surface area contributed by atoms with Gasteiger partial charge < -0.3 is 15.0 Å². The summed E-state index contributed by atoms with van der Waals surface area (Å²) in [5.41, 5.74) is 3.52. The van der Waals surface area contributed by atoms with Gasteiger partial charge in [0.05, 0.1) is 0 Å². The number of aromatic nitrogens is 3. The predicted molar refractivity (Wildman–Crippen MR) is 116 cm³/mol. The van der Waals surface area contributed by atoms with Gasteiger partial charge in [0.2, 0.25) is 5.95 Å². The Labute approximate surface area is 184 Å². The molecule has 1 fully saturated rings. The van der Waals surface area contributed by atoms with Crippen molar-refractivity contribution in [1.82, 2.24) is 19.4 Å². The molecule has 0 aliphatic carbocycles. The largest absolute Gasteiger partial charge is 0.421 e. The van der Waals surface area contributed by atoms with Crippen LogP contribution in [-0.4, -0.2) is 37.3 Å². The van der Waals surface area contributed by atoms with Crippen LogP contribution >= 0.6 is 0 Å². The van der Waals surface area contributed by atoms with Crippen LogP contribution < -0.4 is 5.32 Å². The van der Waals surface area contributed by atoms with Crippen LogP contribution in [0.1, 0.15) is 40.7 Å². The molecule has 9 heteroatoms. The van der Waals surface area contributed by atoms with Gasteiger partial charge in [-0.1, -0.05) is 6.07 Å². The Hall–Kier alpha value is -2.91. The zero-order valence-corrected chi connectivity index (χ0v) is 18.2. The summed E-state index contributed by atoms with van der Waals surface area (Å²) in [6.07, 6.45) is 0.588. The van der Waals surface area contributed by atoms with E-state index in [2.05, 4.69) is 15.3 Å². The van der Waals surface area contributed by atoms with E-state index in [1.165, 1.54) is 4.57 Å². The fourth-order valence-electron chi connectivity index (χ4n) is 4.10. The molecule has 0 radical (unpaired) electrons. The van der Waals surface area contributed by atoms with E-state index in [4.69, 9.17) is 0 Å². The first-order valence-corrected chi connectivity index (χ1v) is 10.5. The lowest BCUT2D eigenvalue weighted by Gasteiger charge is -2.19. The van der Waals surface area contributed by atoms with Crippen molar-refractivity contribution in [2.24, 2.45) is 0 Å². The van der Waals surface area contributed by atoms with Crippen molar-refractivity contribution in [2.45, 2.75) is 52.6 Å². The van der Waals surface area contributed by atoms with Gasteiger partial charge in [0.15, 0.2) is 5.82 Å². The van der Waals surface area contributed by atoms with Crippen molar-refractivity contribution in [3.63, 3.8) is 0 Å². The molecule has 0 saturated carbocycles. The summed E-state index contributed by atoms with van der Waals surface area (Å²) >= 11 is 0. The minimum atomic E-state index is -4.60. The number of nitrogens with one attached hydrogen (secondary N) is 1. The predicted octanol–water partition coefficient (Wildman–Crippen LogP) is 4.87. The second-order valence-electron chi connectivity index (χ2n) is 8.40. The van der Waals surface area contributed by atoms with E-state index in [0.29, 0.717) is 18.7 Å². The van der Waals surface area contributed by atoms with E-state index in [9.17, 15) is 18.3 Å². The Kier molecular flexibility index (Phi) is 5.96. The van der Waals surface area contributed by atoms with Crippen molar-refractivity contribution in [2.75, 3.05) is 11.9 Å². The Morgan fingerprint density at radius 1 is 1.12 bits per heavy atom. The number of aryl methyl sites for hydroxylation is 3. The number of hydrogen-bond donors (Lipinski definition) is 2. The molecule has 1 aliphatic heterocycles. The summed E-state index contributed by atoms with van der Waals surface area (Å²) in [5.74, 6) is -0.156. The number of benzene rings is 1. The van der Waals surface area contributed by atoms with Crippen LogP contribution in [-0.2, 0) is 12.7 Å². The third-order valence-electron chi connectivity index (χ3n) is 5.63. The summed E-state index contributed by atoms with van der Waals surface area (Å²) in [4.78, 5) is 10.1. The van der Waals surface area contributed by atoms with Crippen molar-refractivity contribution < 1.29 is 18.3 Å². The van der Waals surface area contributed by atoms with E-state index in [1.807, 2.05) is 43.9 Å². The highest BCUT2D eigenvalue weighted by Crippen LogP contribution is 2.34. The lowest BCUT2D eigenvalue weighted by molar-refractivity contribution is -0.137. The quantitative estimate of drug-likeness (QED) is 0.587. The summed E-state index contributed by atoms with van der Waals surface area (Å²) < 4.78 is 42.6. The fraction of sp³-hybridized carbons (Fsp3) is 0.391. The first kappa shape index (κ1) is 22.3. The highest BCUT2D eigenvalue weighted by Gasteiger charge is 2.36. The minimum absolute atomic E-state index is 0.0841. The maximum Gasteiger partial charge on any atom is 0.421 e. The van der Waals surface area contributed by atoms with Gasteiger partial charge in [-0.05, 0) is 68.0 Å². The van der Waals surface area contributed by atoms with Gasteiger partial charge in [0.25, 0.3) is 0 Å². The molecule has 2 aromatic heterocycles. The Morgan fingerprint density at radius 2 is 1.84 bits per heavy atom. The number of likely N-dealkylation sites (tertiary alicyclic amines) is 1. The Balaban J connectivity index is 1.70. The standard InChI is InChI=1S/C23H26F3N5O/c1-14-7-15(2)9-18(8-14)28-22-27-10-19(23(24,25)26)21(29-22)31-11-16(3)17(13-31)12-30-6-4-5-20(30)32/h7-11,13,20,32H,4-6,12H2,1-3H3,(H,27,28,29). The molecule has 1 unspecified atom stereocenters. The van der Waals surface area contributed by atoms with Crippen LogP contribution in [0, 0.1) is 20.8 Å². The number of anilines is 2. The monoisotopic (exact) mass is 445 g/mol. The van der Waals surface area contributed by atoms with Gasteiger partial charge >= 0.3 is 6.18 Å². The number of aliphatic hydroxyl groups is 1. The van der Waals surface area contributed by atoms with E-state index in [1.54, 1.807) is 12.4 Å². The molecule has 1 atom stereocenters. The average Bonchev–Trinajstić information content (AvgIpc) is 3.26. The Bertz CT molecular complexity index is 1110. The minimum Gasteiger partial charge on any atom is -0.378 e. The molecule has 3 heterocycles. The zero-order valence-electron chi connectivity index (χ0n) is 18.2. The first-order valence-electron chi connectivity index (χ1n) is 10.5. The third-order valence-corrected chi connectivity index (χ3v) is 5.63. The highest BCUT2D eigenvalue weighted by molar-refractivity contribution is 5.57. The van der Waals surface area contributed by atoms with E-state index >= 15 is 0 Å². The smallest absolute Gasteiger partial charge is 0.378 e. The van der Waals surface area contributed by atoms with Gasteiger partial charge in [-0.25, -0.2) is 4.98 Å². The first-order chi connectivity index (χ1) is 15.1. The summed E-state index contributed by atoms with van der Waals surface area (Å²) in [5, 5.41) is 13.1. The van der Waals surface area contributed by atoms with E-state index in [0.717, 1.165) is 41.4 Å². The molecular weight excluding hydrogens is 419 g/mol. The second kappa shape index (κ2) is 8.55. The molecule has 1 aliphatic rings. The molecule has 6 nitrogen and oxygen atoms in total. The van der Waals surface area contributed by atoms with Crippen molar-refractivity contribution in [3.05, 3.63) is 64.6 Å². The number of alkyl halides is 3. The van der Waals surface area contributed by atoms with Crippen molar-refractivity contribution >= 4 is 11.6 Å². The second-order valence-corrected chi connectivity index (χ2v) is 8.40. The molecule has 3 aromatic rings. The van der Waals surface area contributed by atoms with Crippen molar-refractivity contribution in [3.8, 4) is 5.82 Å². The number of halogens is 3. The maximum absolute atomic E-state index is 13.7. The Morgan fingerprint density at radius 3 is 2.47 bits per heavy atom. The molecule has 1 aromatic carbocycles. The van der Waals surface area contributed by atoms with E-state index < -0.39 is 18.0 Å². The number of nitrogens with zero attached hydrogens (tertiary/aromatic N) is 4. The molecule has 0 spiro atoms. The third kappa shape index (κ3) is 4.78. The van der Waals surface area contributed by atoms with E-state index in [-0.39, 0.29) is 11.8 Å². The SMILES string of the molecule is Cc1cc(C)cc(Nc2ncc(C(F)(F)F)c(-n3cc(C)c(CN4CCCC4O)c3)n2)c1. The molecule has 2 N–H and O–H groups in total. The van der Waals surface area contributed by atoms with Gasteiger partial charge in [-0.3, -0.25) is 4.90 Å². The maximum atomic E-state index is 13.7. The summed E-state index contributed by atoms with van der Waals surface area (Å²) in [7, 11) is 0. The number of rotatable bonds is 5. The molecular formula is C23H26F3N5O. The number of aliphatic hydroxyl groups excluding tert-OH is 1. The molecule has 0 bridgehead atoms. The van der Waals surface area contributed by atoms with Crippen LogP contribution in [0.2, 0.25) is 0 Å². The fourth-order valence-corrected chi connectivity index (χ4v) is 4.10. The highest BCUT2D eigenvalue weighted by atomic mass is 19.4. The lowest BCUT2D eigenvalue weighted by Crippen LogP contribution is -2.28. The van der Waals surface area contributed by atoms with Gasteiger partial charge in [-0.15, -0.1) is 0 Å². The van der Waals surface area contributed by atoms with Crippen LogP contribution in [0.15, 0.2) is 36.8 Å². The summed E-state index contributed by atoms with van der Waals surface area (Å²) in [6, 6.07) is 5.77. The van der Waals surface area contributed by atoms with Gasteiger partial charge in [-0.2, -0.15) is 18.2 Å². The van der Waals surface area contributed by atoms with Crippen LogP contribution in [0.25, 0.3) is 5.82 Å². The topological polar surface area (TPSA) is 66.2 Å². The van der Waals surface area contributed by atoms with Crippen molar-refractivity contribution in [1.29, 1.82) is 0 Å². The van der Waals surface area contributed by atoms with Gasteiger partial charge in [0.1, 0.15) is 11.8 Å². The average molecular weight is 445 g/mol.